The van der Waals surface area contributed by atoms with Gasteiger partial charge in [-0.05, 0) is 48.8 Å². The molecule has 8 bridgehead atoms. The molecule has 4 N–H and O–H groups in total. The van der Waals surface area contributed by atoms with Crippen molar-refractivity contribution in [3.63, 3.8) is 0 Å². The average Bonchev–Trinajstić information content (AvgIpc) is 3.46. The Labute approximate surface area is 325 Å². The number of hydrogen-bond acceptors (Lipinski definition) is 11. The average molecular weight is 797 g/mol. The lowest BCUT2D eigenvalue weighted by atomic mass is 9.94. The van der Waals surface area contributed by atoms with Crippen molar-refractivity contribution in [1.82, 2.24) is 20.6 Å². The quantitative estimate of drug-likeness (QED) is 0.103. The van der Waals surface area contributed by atoms with Gasteiger partial charge in [0.25, 0.3) is 0 Å². The van der Waals surface area contributed by atoms with Crippen LogP contribution >= 0.6 is 44.0 Å². The first-order valence-electron chi connectivity index (χ1n) is 17.9. The SMILES string of the molecule is C=C(SC=O)c1c(CC)c2[nH]c1=NC1=S34(C)C(=C(C=C(C(=C)C(C)/C=C\C5SC5=O)NC(C)=Cc5[nH]c(c6c5C5C(=O)SC6C5C)N=2)N1)C3C=CC4C=O. The second kappa shape index (κ2) is 12.2. The molecular formula is C40H40N6O4S4. The van der Waals surface area contributed by atoms with E-state index < -0.39 is 8.75 Å². The van der Waals surface area contributed by atoms with Gasteiger partial charge in [0.05, 0.1) is 22.1 Å². The fraction of sp³-hybridized carbons (Fsp3) is 0.325. The highest BCUT2D eigenvalue weighted by Crippen LogP contribution is 2.92. The number of carbonyl (C=O) groups is 4. The molecule has 0 saturated carbocycles. The van der Waals surface area contributed by atoms with Crippen LogP contribution in [0.4, 0.5) is 5.82 Å². The molecule has 6 aliphatic heterocycles. The van der Waals surface area contributed by atoms with E-state index in [-0.39, 0.29) is 49.0 Å². The molecule has 7 unspecified atom stereocenters. The number of rotatable bonds is 9. The minimum atomic E-state index is -2.78. The Morgan fingerprint density at radius 1 is 1.06 bits per heavy atom. The van der Waals surface area contributed by atoms with Crippen molar-refractivity contribution < 1.29 is 19.2 Å². The number of thioether (sulfide) groups is 3. The van der Waals surface area contributed by atoms with Gasteiger partial charge in [-0.1, -0.05) is 93.5 Å². The molecule has 0 aromatic carbocycles. The zero-order valence-electron chi connectivity index (χ0n) is 30.4. The van der Waals surface area contributed by atoms with Crippen molar-refractivity contribution in [2.45, 2.75) is 61.0 Å². The third kappa shape index (κ3) is 4.75. The number of fused-ring (bicyclic) bond motifs is 14. The standard InChI is InChI=1S/C40H40N6O4S4/c1-8-23-30(21(6)51-16-48)36-44-35(23)45-37-32-31(29-20(5)33(32)53-39(29)50)25(42-37)13-18(3)41-24(19(4)17(2)9-11-27-38(49)52-27)14-26-34-28-12-10-22(15-47)54(28,34,7)40(43-26)46-36/h9-17,20,22,27-29,33,41-43H,4,6,8H2,1-3,5,7H3,(H,44,45,46)/b11-9-,18-13?,24-14?. The summed E-state index contributed by atoms with van der Waals surface area (Å²) in [6.45, 7) is 17.1. The topological polar surface area (TPSA) is 149 Å². The number of allylic oxidation sites excluding steroid dienone is 4. The van der Waals surface area contributed by atoms with Crippen LogP contribution in [-0.2, 0) is 25.6 Å². The predicted octanol–water partition coefficient (Wildman–Crippen LogP) is 6.05. The van der Waals surface area contributed by atoms with Crippen LogP contribution < -0.4 is 21.6 Å². The zero-order valence-corrected chi connectivity index (χ0v) is 33.7. The van der Waals surface area contributed by atoms with Crippen LogP contribution in [0.3, 0.4) is 0 Å². The molecule has 3 saturated heterocycles. The van der Waals surface area contributed by atoms with Gasteiger partial charge in [-0.3, -0.25) is 14.4 Å². The Hall–Kier alpha value is -4.11. The molecule has 0 amide bonds. The van der Waals surface area contributed by atoms with E-state index in [9.17, 15) is 19.2 Å². The van der Waals surface area contributed by atoms with E-state index >= 15 is 0 Å². The summed E-state index contributed by atoms with van der Waals surface area (Å²) in [5, 5.41) is 7.98. The summed E-state index contributed by atoms with van der Waals surface area (Å²) >= 11 is 3.71. The fourth-order valence-electron chi connectivity index (χ4n) is 9.12. The number of nitrogens with one attached hydrogen (secondary N) is 4. The summed E-state index contributed by atoms with van der Waals surface area (Å²) in [6.07, 6.45) is 16.1. The molecule has 9 rings (SSSR count). The zero-order chi connectivity index (χ0) is 38.0. The lowest BCUT2D eigenvalue weighted by Crippen LogP contribution is -2.29. The number of aromatic amines is 2. The van der Waals surface area contributed by atoms with Crippen LogP contribution in [0.1, 0.15) is 66.8 Å². The van der Waals surface area contributed by atoms with Gasteiger partial charge >= 0.3 is 0 Å². The van der Waals surface area contributed by atoms with Gasteiger partial charge in [0.15, 0.2) is 10.7 Å². The van der Waals surface area contributed by atoms with Gasteiger partial charge in [0.2, 0.25) is 5.12 Å². The molecule has 1 spiro atoms. The van der Waals surface area contributed by atoms with E-state index in [2.05, 4.69) is 66.0 Å². The maximum Gasteiger partial charge on any atom is 0.207 e. The molecule has 14 heteroatoms. The molecule has 7 atom stereocenters. The third-order valence-corrected chi connectivity index (χ3v) is 21.0. The van der Waals surface area contributed by atoms with E-state index in [1.807, 2.05) is 38.2 Å². The third-order valence-electron chi connectivity index (χ3n) is 12.1. The summed E-state index contributed by atoms with van der Waals surface area (Å²) in [7, 11) is -2.78. The van der Waals surface area contributed by atoms with Gasteiger partial charge in [-0.25, -0.2) is 9.98 Å². The van der Waals surface area contributed by atoms with Gasteiger partial charge in [-0.15, -0.1) is 0 Å². The Kier molecular flexibility index (Phi) is 8.04. The lowest BCUT2D eigenvalue weighted by Gasteiger charge is -2.28. The van der Waals surface area contributed by atoms with E-state index in [4.69, 9.17) is 9.98 Å². The van der Waals surface area contributed by atoms with Crippen molar-refractivity contribution >= 4 is 88.1 Å². The molecule has 1 aliphatic carbocycles. The van der Waals surface area contributed by atoms with E-state index in [1.165, 1.54) is 28.4 Å². The molecule has 2 aromatic heterocycles. The highest BCUT2D eigenvalue weighted by molar-refractivity contribution is 8.58. The van der Waals surface area contributed by atoms with Crippen LogP contribution in [0.2, 0.25) is 0 Å². The Balaban J connectivity index is 1.32. The largest absolute Gasteiger partial charge is 0.359 e. The number of aldehydes is 1. The second-order valence-corrected chi connectivity index (χ2v) is 23.3. The normalized spacial score (nSPS) is 30.1. The first kappa shape index (κ1) is 35.6. The number of H-pyrrole nitrogens is 2. The number of aromatic nitrogens is 2. The van der Waals surface area contributed by atoms with Crippen molar-refractivity contribution in [2.75, 3.05) is 6.26 Å². The van der Waals surface area contributed by atoms with Crippen LogP contribution in [0, 0.1) is 11.8 Å². The highest BCUT2D eigenvalue weighted by atomic mass is 32.3. The Morgan fingerprint density at radius 3 is 2.54 bits per heavy atom. The first-order chi connectivity index (χ1) is 25.8. The van der Waals surface area contributed by atoms with Gasteiger partial charge < -0.3 is 25.4 Å². The van der Waals surface area contributed by atoms with Crippen LogP contribution in [0.25, 0.3) is 11.0 Å². The minimum Gasteiger partial charge on any atom is -0.359 e. The number of nitrogens with zero attached hydrogens (tertiary/aromatic N) is 2. The molecule has 2 aromatic rings. The fourth-order valence-corrected chi connectivity index (χ4v) is 17.2. The molecule has 7 aliphatic rings. The monoisotopic (exact) mass is 796 g/mol. The molecule has 0 radical (unpaired) electrons. The number of hydrogen-bond donors (Lipinski definition) is 4. The molecule has 54 heavy (non-hydrogen) atoms. The summed E-state index contributed by atoms with van der Waals surface area (Å²) in [5.74, 6) is 0.465. The Bertz CT molecular complexity index is 2580. The summed E-state index contributed by atoms with van der Waals surface area (Å²) in [6, 6.07) is 0. The first-order valence-corrected chi connectivity index (χ1v) is 23.2. The summed E-state index contributed by atoms with van der Waals surface area (Å²) in [4.78, 5) is 69.2. The molecule has 10 nitrogen and oxygen atoms in total. The van der Waals surface area contributed by atoms with Crippen LogP contribution in [0.5, 0.6) is 0 Å². The summed E-state index contributed by atoms with van der Waals surface area (Å²) < 4.78 is 0. The van der Waals surface area contributed by atoms with Crippen molar-refractivity contribution in [3.05, 3.63) is 110 Å². The maximum atomic E-state index is 13.3. The summed E-state index contributed by atoms with van der Waals surface area (Å²) in [5.41, 5.74) is 9.65. The molecule has 8 heterocycles. The Morgan fingerprint density at radius 2 is 1.83 bits per heavy atom. The van der Waals surface area contributed by atoms with Crippen molar-refractivity contribution in [1.29, 1.82) is 0 Å². The maximum absolute atomic E-state index is 13.3. The van der Waals surface area contributed by atoms with Crippen LogP contribution in [0.15, 0.2) is 81.1 Å². The minimum absolute atomic E-state index is 0.0276. The van der Waals surface area contributed by atoms with E-state index in [0.29, 0.717) is 33.7 Å². The number of carbonyl (C=O) groups excluding carboxylic acids is 4. The van der Waals surface area contributed by atoms with E-state index in [1.54, 1.807) is 0 Å². The smallest absolute Gasteiger partial charge is 0.207 e. The predicted molar refractivity (Wildman–Crippen MR) is 224 cm³/mol. The molecule has 3 fully saturated rings. The lowest BCUT2D eigenvalue weighted by molar-refractivity contribution is -0.112. The highest BCUT2D eigenvalue weighted by Gasteiger charge is 2.70. The molecular weight excluding hydrogens is 757 g/mol. The van der Waals surface area contributed by atoms with Crippen LogP contribution in [-0.4, -0.2) is 59.2 Å². The second-order valence-electron chi connectivity index (χ2n) is 15.1. The van der Waals surface area contributed by atoms with Gasteiger partial charge in [0, 0.05) is 60.0 Å². The molecule has 278 valence electrons. The van der Waals surface area contributed by atoms with Crippen molar-refractivity contribution in [2.24, 2.45) is 21.8 Å². The van der Waals surface area contributed by atoms with Gasteiger partial charge in [0.1, 0.15) is 28.2 Å². The van der Waals surface area contributed by atoms with E-state index in [0.717, 1.165) is 73.8 Å². The van der Waals surface area contributed by atoms with Gasteiger partial charge in [-0.2, -0.15) is 8.75 Å². The van der Waals surface area contributed by atoms with Crippen molar-refractivity contribution in [3.8, 4) is 0 Å².